The van der Waals surface area contributed by atoms with Gasteiger partial charge in [0, 0.05) is 40.2 Å². The minimum absolute atomic E-state index is 0.173. The van der Waals surface area contributed by atoms with Gasteiger partial charge in [-0.05, 0) is 58.0 Å². The molecule has 1 aliphatic rings. The van der Waals surface area contributed by atoms with Gasteiger partial charge in [0.05, 0.1) is 18.8 Å². The fourth-order valence-corrected chi connectivity index (χ4v) is 4.00. The predicted molar refractivity (Wildman–Crippen MR) is 104 cm³/mol. The Morgan fingerprint density at radius 2 is 1.76 bits per heavy atom. The maximum atomic E-state index is 12.9. The summed E-state index contributed by atoms with van der Waals surface area (Å²) >= 11 is 3.47. The summed E-state index contributed by atoms with van der Waals surface area (Å²) in [7, 11) is 0. The Kier molecular flexibility index (Phi) is 5.46. The van der Waals surface area contributed by atoms with Crippen molar-refractivity contribution in [3.63, 3.8) is 0 Å². The third kappa shape index (κ3) is 4.05. The standard InChI is InChI=1S/C20H25BrN2O2/c1-13-9-19(16(4)23(13)18-7-5-17(21)6-8-18)20(24)12-22-10-14(2)25-15(3)11-22/h5-9,14-15H,10-12H2,1-4H3/t14-,15-/m1/s1. The van der Waals surface area contributed by atoms with Crippen molar-refractivity contribution in [3.8, 4) is 5.69 Å². The molecule has 0 unspecified atom stereocenters. The van der Waals surface area contributed by atoms with Crippen molar-refractivity contribution in [2.24, 2.45) is 0 Å². The molecule has 1 fully saturated rings. The molecule has 3 rings (SSSR count). The van der Waals surface area contributed by atoms with Gasteiger partial charge < -0.3 is 9.30 Å². The molecule has 2 aromatic rings. The molecule has 134 valence electrons. The summed E-state index contributed by atoms with van der Waals surface area (Å²) in [5, 5.41) is 0. The van der Waals surface area contributed by atoms with Crippen LogP contribution in [0, 0.1) is 13.8 Å². The number of nitrogens with zero attached hydrogens (tertiary/aromatic N) is 2. The molecule has 0 radical (unpaired) electrons. The van der Waals surface area contributed by atoms with Crippen LogP contribution in [-0.2, 0) is 4.74 Å². The summed E-state index contributed by atoms with van der Waals surface area (Å²) in [6, 6.07) is 10.2. The molecule has 5 heteroatoms. The Balaban J connectivity index is 1.82. The van der Waals surface area contributed by atoms with Crippen molar-refractivity contribution < 1.29 is 9.53 Å². The first-order chi connectivity index (χ1) is 11.8. The Bertz CT molecular complexity index is 757. The first-order valence-corrected chi connectivity index (χ1v) is 9.50. The van der Waals surface area contributed by atoms with Crippen LogP contribution >= 0.6 is 15.9 Å². The van der Waals surface area contributed by atoms with Gasteiger partial charge in [-0.1, -0.05) is 15.9 Å². The molecule has 1 aromatic carbocycles. The van der Waals surface area contributed by atoms with Crippen molar-refractivity contribution in [3.05, 3.63) is 51.8 Å². The highest BCUT2D eigenvalue weighted by Crippen LogP contribution is 2.23. The second-order valence-electron chi connectivity index (χ2n) is 6.97. The second kappa shape index (κ2) is 7.44. The van der Waals surface area contributed by atoms with Crippen molar-refractivity contribution in [2.75, 3.05) is 19.6 Å². The van der Waals surface area contributed by atoms with Gasteiger partial charge in [-0.15, -0.1) is 0 Å². The van der Waals surface area contributed by atoms with Gasteiger partial charge in [0.25, 0.3) is 0 Å². The number of morpholine rings is 1. The number of rotatable bonds is 4. The monoisotopic (exact) mass is 404 g/mol. The topological polar surface area (TPSA) is 34.5 Å². The Morgan fingerprint density at radius 3 is 2.36 bits per heavy atom. The number of ketones is 1. The maximum absolute atomic E-state index is 12.9. The highest BCUT2D eigenvalue weighted by atomic mass is 79.9. The average molecular weight is 405 g/mol. The summed E-state index contributed by atoms with van der Waals surface area (Å²) in [4.78, 5) is 15.1. The molecule has 0 saturated carbocycles. The van der Waals surface area contributed by atoms with Crippen molar-refractivity contribution >= 4 is 21.7 Å². The van der Waals surface area contributed by atoms with Crippen LogP contribution < -0.4 is 0 Å². The van der Waals surface area contributed by atoms with Crippen LogP contribution in [0.3, 0.4) is 0 Å². The Morgan fingerprint density at radius 1 is 1.16 bits per heavy atom. The lowest BCUT2D eigenvalue weighted by atomic mass is 10.1. The molecule has 2 heterocycles. The van der Waals surface area contributed by atoms with Gasteiger partial charge in [0.1, 0.15) is 0 Å². The van der Waals surface area contributed by atoms with Crippen LogP contribution in [0.2, 0.25) is 0 Å². The second-order valence-corrected chi connectivity index (χ2v) is 7.89. The molecule has 0 aliphatic carbocycles. The lowest BCUT2D eigenvalue weighted by molar-refractivity contribution is -0.0652. The minimum Gasteiger partial charge on any atom is -0.373 e. The van der Waals surface area contributed by atoms with Gasteiger partial charge in [0.15, 0.2) is 5.78 Å². The highest BCUT2D eigenvalue weighted by molar-refractivity contribution is 9.10. The van der Waals surface area contributed by atoms with Crippen LogP contribution in [0.5, 0.6) is 0 Å². The van der Waals surface area contributed by atoms with E-state index in [9.17, 15) is 4.79 Å². The number of hydrogen-bond acceptors (Lipinski definition) is 3. The zero-order valence-corrected chi connectivity index (χ0v) is 16.8. The number of halogens is 1. The molecular formula is C20H25BrN2O2. The molecule has 0 amide bonds. The van der Waals surface area contributed by atoms with Crippen molar-refractivity contribution in [1.29, 1.82) is 0 Å². The number of ether oxygens (including phenoxy) is 1. The summed E-state index contributed by atoms with van der Waals surface area (Å²) in [5.41, 5.74) is 3.96. The van der Waals surface area contributed by atoms with Crippen LogP contribution in [0.15, 0.2) is 34.8 Å². The highest BCUT2D eigenvalue weighted by Gasteiger charge is 2.25. The minimum atomic E-state index is 0.173. The van der Waals surface area contributed by atoms with Crippen LogP contribution in [-0.4, -0.2) is 47.1 Å². The van der Waals surface area contributed by atoms with E-state index < -0.39 is 0 Å². The van der Waals surface area contributed by atoms with Crippen LogP contribution in [0.1, 0.15) is 35.6 Å². The lowest BCUT2D eigenvalue weighted by Gasteiger charge is -2.34. The van der Waals surface area contributed by atoms with Crippen molar-refractivity contribution in [2.45, 2.75) is 39.9 Å². The van der Waals surface area contributed by atoms with E-state index in [1.807, 2.05) is 32.0 Å². The van der Waals surface area contributed by atoms with E-state index in [1.165, 1.54) is 0 Å². The first kappa shape index (κ1) is 18.4. The molecule has 1 saturated heterocycles. The third-order valence-electron chi connectivity index (χ3n) is 4.68. The number of benzene rings is 1. The van der Waals surface area contributed by atoms with Gasteiger partial charge >= 0.3 is 0 Å². The predicted octanol–water partition coefficient (Wildman–Crippen LogP) is 4.15. The molecule has 0 N–H and O–H groups in total. The van der Waals surface area contributed by atoms with E-state index in [0.717, 1.165) is 40.2 Å². The van der Waals surface area contributed by atoms with E-state index >= 15 is 0 Å². The van der Waals surface area contributed by atoms with Gasteiger partial charge in [0.2, 0.25) is 0 Å². The molecule has 1 aliphatic heterocycles. The van der Waals surface area contributed by atoms with Crippen molar-refractivity contribution in [1.82, 2.24) is 9.47 Å². The fourth-order valence-electron chi connectivity index (χ4n) is 3.73. The maximum Gasteiger partial charge on any atom is 0.178 e. The van der Waals surface area contributed by atoms with Crippen LogP contribution in [0.4, 0.5) is 0 Å². The smallest absolute Gasteiger partial charge is 0.178 e. The molecule has 1 aromatic heterocycles. The molecule has 0 spiro atoms. The normalized spacial score (nSPS) is 21.5. The average Bonchev–Trinajstić information content (AvgIpc) is 2.82. The number of carbonyl (C=O) groups is 1. The number of hydrogen-bond donors (Lipinski definition) is 0. The zero-order chi connectivity index (χ0) is 18.1. The lowest BCUT2D eigenvalue weighted by Crippen LogP contribution is -2.47. The largest absolute Gasteiger partial charge is 0.373 e. The molecule has 4 nitrogen and oxygen atoms in total. The van der Waals surface area contributed by atoms with E-state index in [1.54, 1.807) is 0 Å². The number of aryl methyl sites for hydroxylation is 1. The van der Waals surface area contributed by atoms with E-state index in [2.05, 4.69) is 51.4 Å². The summed E-state index contributed by atoms with van der Waals surface area (Å²) in [6.45, 7) is 10.3. The number of carbonyl (C=O) groups excluding carboxylic acids is 1. The third-order valence-corrected chi connectivity index (χ3v) is 5.21. The number of aromatic nitrogens is 1. The summed E-state index contributed by atoms with van der Waals surface area (Å²) < 4.78 is 8.95. The Hall–Kier alpha value is -1.43. The zero-order valence-electron chi connectivity index (χ0n) is 15.3. The summed E-state index contributed by atoms with van der Waals surface area (Å²) in [6.07, 6.45) is 0.346. The quantitative estimate of drug-likeness (QED) is 0.717. The summed E-state index contributed by atoms with van der Waals surface area (Å²) in [5.74, 6) is 0.178. The van der Waals surface area contributed by atoms with Gasteiger partial charge in [-0.3, -0.25) is 9.69 Å². The first-order valence-electron chi connectivity index (χ1n) is 8.71. The Labute approximate surface area is 157 Å². The SMILES string of the molecule is Cc1cc(C(=O)CN2C[C@@H](C)O[C@H](C)C2)c(C)n1-c1ccc(Br)cc1. The molecule has 0 bridgehead atoms. The molecule has 25 heavy (non-hydrogen) atoms. The van der Waals surface area contributed by atoms with E-state index in [-0.39, 0.29) is 18.0 Å². The van der Waals surface area contributed by atoms with Crippen LogP contribution in [0.25, 0.3) is 5.69 Å². The van der Waals surface area contributed by atoms with E-state index in [0.29, 0.717) is 6.54 Å². The van der Waals surface area contributed by atoms with Gasteiger partial charge in [-0.2, -0.15) is 0 Å². The van der Waals surface area contributed by atoms with Gasteiger partial charge in [-0.25, -0.2) is 0 Å². The molecular weight excluding hydrogens is 380 g/mol. The van der Waals surface area contributed by atoms with E-state index in [4.69, 9.17) is 4.74 Å². The number of Topliss-reactive ketones (excluding diaryl/α,β-unsaturated/α-hetero) is 1. The fraction of sp³-hybridized carbons (Fsp3) is 0.450. The molecule has 2 atom stereocenters.